The van der Waals surface area contributed by atoms with E-state index in [0.29, 0.717) is 0 Å². The third-order valence-corrected chi connectivity index (χ3v) is 9.06. The summed E-state index contributed by atoms with van der Waals surface area (Å²) in [6.07, 6.45) is 7.59. The highest BCUT2D eigenvalue weighted by Gasteiger charge is 2.52. The maximum Gasteiger partial charge on any atom is 0.0726 e. The Labute approximate surface area is 238 Å². The van der Waals surface area contributed by atoms with Crippen molar-refractivity contribution in [2.75, 3.05) is 0 Å². The molecule has 2 aliphatic carbocycles. The first kappa shape index (κ1) is 22.5. The average molecular weight is 521 g/mol. The molecule has 2 heteroatoms. The predicted octanol–water partition coefficient (Wildman–Crippen LogP) is 9.31. The minimum absolute atomic E-state index is 0.433. The summed E-state index contributed by atoms with van der Waals surface area (Å²) in [5.74, 6) is 0. The van der Waals surface area contributed by atoms with Gasteiger partial charge in [0.1, 0.15) is 0 Å². The highest BCUT2D eigenvalue weighted by Crippen LogP contribution is 2.64. The van der Waals surface area contributed by atoms with Gasteiger partial charge >= 0.3 is 0 Å². The highest BCUT2D eigenvalue weighted by molar-refractivity contribution is 6.06. The molecule has 9 rings (SSSR count). The second-order valence-corrected chi connectivity index (χ2v) is 11.0. The molecule has 0 aliphatic heterocycles. The third-order valence-electron chi connectivity index (χ3n) is 9.06. The first-order valence-electron chi connectivity index (χ1n) is 14.1. The molecule has 0 saturated heterocycles. The molecule has 0 N–H and O–H groups in total. The van der Waals surface area contributed by atoms with Crippen molar-refractivity contribution in [2.24, 2.45) is 0 Å². The largest absolute Gasteiger partial charge is 0.264 e. The molecule has 1 spiro atoms. The van der Waals surface area contributed by atoms with E-state index in [1.54, 1.807) is 0 Å². The van der Waals surface area contributed by atoms with Crippen LogP contribution in [0.25, 0.3) is 55.3 Å². The number of rotatable bonds is 2. The second kappa shape index (κ2) is 8.33. The van der Waals surface area contributed by atoms with Crippen LogP contribution in [-0.4, -0.2) is 9.97 Å². The molecule has 41 heavy (non-hydrogen) atoms. The summed E-state index contributed by atoms with van der Waals surface area (Å²) in [5, 5.41) is 2.57. The minimum atomic E-state index is -0.433. The number of benzene rings is 5. The molecule has 7 aromatic rings. The molecule has 2 aromatic heterocycles. The molecule has 0 bridgehead atoms. The molecule has 0 radical (unpaired) electrons. The van der Waals surface area contributed by atoms with Gasteiger partial charge in [0.25, 0.3) is 0 Å². The Morgan fingerprint density at radius 2 is 1.05 bits per heavy atom. The van der Waals surface area contributed by atoms with E-state index >= 15 is 0 Å². The van der Waals surface area contributed by atoms with E-state index in [2.05, 4.69) is 119 Å². The maximum absolute atomic E-state index is 4.43. The Morgan fingerprint density at radius 1 is 0.415 bits per heavy atom. The van der Waals surface area contributed by atoms with Crippen LogP contribution in [0.15, 0.2) is 146 Å². The first-order valence-corrected chi connectivity index (χ1v) is 14.1. The number of hydrogen-bond acceptors (Lipinski definition) is 2. The molecule has 2 heterocycles. The zero-order valence-electron chi connectivity index (χ0n) is 22.3. The SMILES string of the molecule is c1cncc(-c2ccc3c(c2)C2(c4cc(-c5cccnc5)ccc4-3)c3ccccc3-c3c2ccc2ccccc32)c1. The Kier molecular flexibility index (Phi) is 4.57. The van der Waals surface area contributed by atoms with Crippen molar-refractivity contribution in [3.05, 3.63) is 168 Å². The number of pyridine rings is 2. The van der Waals surface area contributed by atoms with Crippen molar-refractivity contribution in [1.82, 2.24) is 9.97 Å². The van der Waals surface area contributed by atoms with Crippen molar-refractivity contribution in [2.45, 2.75) is 5.41 Å². The molecule has 0 amide bonds. The molecule has 5 aromatic carbocycles. The summed E-state index contributed by atoms with van der Waals surface area (Å²) in [5.41, 5.74) is 14.8. The molecule has 2 aliphatic rings. The lowest BCUT2D eigenvalue weighted by Crippen LogP contribution is -2.26. The lowest BCUT2D eigenvalue weighted by atomic mass is 9.69. The monoisotopic (exact) mass is 520 g/mol. The van der Waals surface area contributed by atoms with Crippen LogP contribution in [0.2, 0.25) is 0 Å². The average Bonchev–Trinajstić information content (AvgIpc) is 3.52. The number of fused-ring (bicyclic) bond motifs is 12. The van der Waals surface area contributed by atoms with Gasteiger partial charge in [-0.3, -0.25) is 9.97 Å². The van der Waals surface area contributed by atoms with Gasteiger partial charge < -0.3 is 0 Å². The van der Waals surface area contributed by atoms with Gasteiger partial charge in [-0.2, -0.15) is 0 Å². The Bertz CT molecular complexity index is 2060. The fraction of sp³-hybridized carbons (Fsp3) is 0.0256. The lowest BCUT2D eigenvalue weighted by Gasteiger charge is -2.31. The fourth-order valence-corrected chi connectivity index (χ4v) is 7.38. The molecule has 0 saturated carbocycles. The number of hydrogen-bond donors (Lipinski definition) is 0. The van der Waals surface area contributed by atoms with E-state index in [1.165, 1.54) is 66.4 Å². The van der Waals surface area contributed by atoms with E-state index < -0.39 is 5.41 Å². The Hall–Kier alpha value is -5.34. The van der Waals surface area contributed by atoms with Crippen LogP contribution in [0.3, 0.4) is 0 Å². The zero-order chi connectivity index (χ0) is 27.0. The van der Waals surface area contributed by atoms with Crippen molar-refractivity contribution in [1.29, 1.82) is 0 Å². The van der Waals surface area contributed by atoms with Gasteiger partial charge in [-0.15, -0.1) is 0 Å². The van der Waals surface area contributed by atoms with Gasteiger partial charge in [0.2, 0.25) is 0 Å². The summed E-state index contributed by atoms with van der Waals surface area (Å²) in [6.45, 7) is 0. The van der Waals surface area contributed by atoms with Gasteiger partial charge in [-0.05, 0) is 102 Å². The van der Waals surface area contributed by atoms with Gasteiger partial charge in [0.15, 0.2) is 0 Å². The maximum atomic E-state index is 4.43. The molecule has 0 atom stereocenters. The molecular formula is C39H24N2. The summed E-state index contributed by atoms with van der Waals surface area (Å²) in [7, 11) is 0. The van der Waals surface area contributed by atoms with Gasteiger partial charge in [0, 0.05) is 24.8 Å². The van der Waals surface area contributed by atoms with Crippen LogP contribution in [0.4, 0.5) is 0 Å². The van der Waals surface area contributed by atoms with Crippen LogP contribution in [0.1, 0.15) is 22.3 Å². The third kappa shape index (κ3) is 2.97. The van der Waals surface area contributed by atoms with Crippen LogP contribution >= 0.6 is 0 Å². The van der Waals surface area contributed by atoms with Crippen molar-refractivity contribution in [3.63, 3.8) is 0 Å². The topological polar surface area (TPSA) is 25.8 Å². The molecule has 2 nitrogen and oxygen atoms in total. The summed E-state index contributed by atoms with van der Waals surface area (Å²) >= 11 is 0. The Balaban J connectivity index is 1.44. The molecule has 0 fully saturated rings. The Morgan fingerprint density at radius 3 is 1.71 bits per heavy atom. The van der Waals surface area contributed by atoms with E-state index in [4.69, 9.17) is 0 Å². The van der Waals surface area contributed by atoms with Crippen molar-refractivity contribution in [3.8, 4) is 44.5 Å². The number of nitrogens with zero attached hydrogens (tertiary/aromatic N) is 2. The second-order valence-electron chi connectivity index (χ2n) is 11.0. The van der Waals surface area contributed by atoms with E-state index in [0.717, 1.165) is 11.1 Å². The quantitative estimate of drug-likeness (QED) is 0.227. The van der Waals surface area contributed by atoms with E-state index in [1.807, 2.05) is 36.9 Å². The van der Waals surface area contributed by atoms with Crippen LogP contribution in [0.5, 0.6) is 0 Å². The van der Waals surface area contributed by atoms with E-state index in [-0.39, 0.29) is 0 Å². The van der Waals surface area contributed by atoms with Gasteiger partial charge in [0.05, 0.1) is 5.41 Å². The van der Waals surface area contributed by atoms with Crippen LogP contribution < -0.4 is 0 Å². The van der Waals surface area contributed by atoms with Gasteiger partial charge in [-0.25, -0.2) is 0 Å². The van der Waals surface area contributed by atoms with Crippen LogP contribution in [0, 0.1) is 0 Å². The fourth-order valence-electron chi connectivity index (χ4n) is 7.38. The standard InChI is InChI=1S/C39H24N2/c1-2-10-30-25(7-1)15-18-35-38(30)33-11-3-4-12-34(33)39(35)36-21-26(28-8-5-19-40-23-28)13-16-31(36)32-17-14-27(22-37(32)39)29-9-6-20-41-24-29/h1-24H. The van der Waals surface area contributed by atoms with Crippen molar-refractivity contribution >= 4 is 10.8 Å². The zero-order valence-corrected chi connectivity index (χ0v) is 22.3. The minimum Gasteiger partial charge on any atom is -0.264 e. The van der Waals surface area contributed by atoms with Crippen molar-refractivity contribution < 1.29 is 0 Å². The normalized spacial score (nSPS) is 13.6. The van der Waals surface area contributed by atoms with Gasteiger partial charge in [-0.1, -0.05) is 97.1 Å². The molecular weight excluding hydrogens is 496 g/mol. The molecule has 0 unspecified atom stereocenters. The molecule has 190 valence electrons. The smallest absolute Gasteiger partial charge is 0.0726 e. The van der Waals surface area contributed by atoms with E-state index in [9.17, 15) is 0 Å². The summed E-state index contributed by atoms with van der Waals surface area (Å²) < 4.78 is 0. The lowest BCUT2D eigenvalue weighted by molar-refractivity contribution is 0.795. The summed E-state index contributed by atoms with van der Waals surface area (Å²) in [6, 6.07) is 44.8. The highest BCUT2D eigenvalue weighted by atomic mass is 14.6. The first-order chi connectivity index (χ1) is 20.3. The predicted molar refractivity (Wildman–Crippen MR) is 167 cm³/mol. The van der Waals surface area contributed by atoms with Crippen LogP contribution in [-0.2, 0) is 5.41 Å². The summed E-state index contributed by atoms with van der Waals surface area (Å²) in [4.78, 5) is 8.86. The number of aromatic nitrogens is 2.